The molecular formula is C16H21FN3O. The molecule has 3 atom stereocenters. The van der Waals surface area contributed by atoms with E-state index in [1.165, 1.54) is 0 Å². The van der Waals surface area contributed by atoms with E-state index in [1.807, 2.05) is 18.2 Å². The molecule has 1 radical (unpaired) electrons. The number of piperazine rings is 1. The van der Waals surface area contributed by atoms with Crippen molar-refractivity contribution in [1.82, 2.24) is 15.5 Å². The molecule has 0 amide bonds. The Morgan fingerprint density at radius 1 is 1.38 bits per heavy atom. The SMILES string of the molecule is O=C(C1CNCC[N]1)[C@@H]1CCCN1C(F)c1ccccc1. The quantitative estimate of drug-likeness (QED) is 0.849. The van der Waals surface area contributed by atoms with Crippen molar-refractivity contribution >= 4 is 5.78 Å². The van der Waals surface area contributed by atoms with Gasteiger partial charge in [0.1, 0.15) is 0 Å². The fourth-order valence-electron chi connectivity index (χ4n) is 3.18. The van der Waals surface area contributed by atoms with Crippen LogP contribution in [-0.2, 0) is 4.79 Å². The van der Waals surface area contributed by atoms with Gasteiger partial charge in [0.2, 0.25) is 0 Å². The first-order valence-electron chi connectivity index (χ1n) is 7.63. The third-order valence-corrected chi connectivity index (χ3v) is 4.29. The van der Waals surface area contributed by atoms with Crippen molar-refractivity contribution in [2.45, 2.75) is 31.2 Å². The fraction of sp³-hybridized carbons (Fsp3) is 0.562. The molecular weight excluding hydrogens is 269 g/mol. The van der Waals surface area contributed by atoms with E-state index in [0.717, 1.165) is 19.4 Å². The molecule has 0 aliphatic carbocycles. The molecule has 21 heavy (non-hydrogen) atoms. The molecule has 0 spiro atoms. The van der Waals surface area contributed by atoms with Crippen molar-refractivity contribution in [2.75, 3.05) is 26.2 Å². The molecule has 1 N–H and O–H groups in total. The standard InChI is InChI=1S/C16H21FN3O/c17-16(12-5-2-1-3-6-12)20-10-4-7-14(20)15(21)13-11-18-8-9-19-13/h1-3,5-6,13-14,16,18H,4,7-11H2/t13?,14-,16?/m0/s1. The minimum atomic E-state index is -1.21. The second-order valence-corrected chi connectivity index (χ2v) is 5.67. The number of rotatable bonds is 4. The number of hydrogen-bond acceptors (Lipinski definition) is 3. The Hall–Kier alpha value is -1.30. The van der Waals surface area contributed by atoms with Gasteiger partial charge in [-0.05, 0) is 12.8 Å². The van der Waals surface area contributed by atoms with Crippen LogP contribution in [0.4, 0.5) is 4.39 Å². The molecule has 2 aliphatic rings. The van der Waals surface area contributed by atoms with Gasteiger partial charge in [0.15, 0.2) is 12.1 Å². The van der Waals surface area contributed by atoms with E-state index in [1.54, 1.807) is 17.0 Å². The summed E-state index contributed by atoms with van der Waals surface area (Å²) < 4.78 is 14.7. The van der Waals surface area contributed by atoms with E-state index in [4.69, 9.17) is 0 Å². The van der Waals surface area contributed by atoms with E-state index in [0.29, 0.717) is 25.2 Å². The highest BCUT2D eigenvalue weighted by molar-refractivity contribution is 5.89. The predicted molar refractivity (Wildman–Crippen MR) is 78.7 cm³/mol. The molecule has 2 saturated heterocycles. The Balaban J connectivity index is 1.71. The van der Waals surface area contributed by atoms with Crippen LogP contribution in [0, 0.1) is 0 Å². The molecule has 1 aromatic carbocycles. The smallest absolute Gasteiger partial charge is 0.180 e. The summed E-state index contributed by atoms with van der Waals surface area (Å²) in [5.41, 5.74) is 0.621. The summed E-state index contributed by atoms with van der Waals surface area (Å²) in [4.78, 5) is 14.3. The molecule has 2 aliphatic heterocycles. The van der Waals surface area contributed by atoms with Crippen molar-refractivity contribution in [2.24, 2.45) is 0 Å². The summed E-state index contributed by atoms with van der Waals surface area (Å²) >= 11 is 0. The maximum atomic E-state index is 14.7. The third kappa shape index (κ3) is 3.15. The van der Waals surface area contributed by atoms with Crippen LogP contribution in [0.15, 0.2) is 30.3 Å². The van der Waals surface area contributed by atoms with Gasteiger partial charge in [-0.25, -0.2) is 9.71 Å². The monoisotopic (exact) mass is 290 g/mol. The summed E-state index contributed by atoms with van der Waals surface area (Å²) in [5, 5.41) is 7.57. The van der Waals surface area contributed by atoms with Crippen molar-refractivity contribution < 1.29 is 9.18 Å². The highest BCUT2D eigenvalue weighted by Gasteiger charge is 2.39. The fourth-order valence-corrected chi connectivity index (χ4v) is 3.18. The number of alkyl halides is 1. The second kappa shape index (κ2) is 6.64. The Morgan fingerprint density at radius 3 is 2.90 bits per heavy atom. The first-order valence-corrected chi connectivity index (χ1v) is 7.63. The van der Waals surface area contributed by atoms with E-state index in [9.17, 15) is 9.18 Å². The highest BCUT2D eigenvalue weighted by Crippen LogP contribution is 2.31. The van der Waals surface area contributed by atoms with Gasteiger partial charge < -0.3 is 5.32 Å². The maximum Gasteiger partial charge on any atom is 0.180 e. The van der Waals surface area contributed by atoms with Gasteiger partial charge in [0.25, 0.3) is 0 Å². The van der Waals surface area contributed by atoms with Gasteiger partial charge in [-0.2, -0.15) is 0 Å². The Labute approximate surface area is 124 Å². The highest BCUT2D eigenvalue weighted by atomic mass is 19.1. The summed E-state index contributed by atoms with van der Waals surface area (Å²) in [6.45, 7) is 2.72. The second-order valence-electron chi connectivity index (χ2n) is 5.67. The molecule has 113 valence electrons. The average Bonchev–Trinajstić information content (AvgIpc) is 3.04. The molecule has 0 aromatic heterocycles. The minimum Gasteiger partial charge on any atom is -0.313 e. The summed E-state index contributed by atoms with van der Waals surface area (Å²) in [6.07, 6.45) is 0.390. The van der Waals surface area contributed by atoms with Gasteiger partial charge in [0.05, 0.1) is 12.1 Å². The summed E-state index contributed by atoms with van der Waals surface area (Å²) in [6, 6.07) is 8.43. The Morgan fingerprint density at radius 2 is 2.19 bits per heavy atom. The lowest BCUT2D eigenvalue weighted by atomic mass is 10.0. The number of carbonyl (C=O) groups is 1. The largest absolute Gasteiger partial charge is 0.313 e. The van der Waals surface area contributed by atoms with Gasteiger partial charge in [-0.3, -0.25) is 9.69 Å². The van der Waals surface area contributed by atoms with Crippen molar-refractivity contribution in [3.8, 4) is 0 Å². The third-order valence-electron chi connectivity index (χ3n) is 4.29. The molecule has 0 bridgehead atoms. The number of carbonyl (C=O) groups excluding carboxylic acids is 1. The molecule has 2 unspecified atom stereocenters. The van der Waals surface area contributed by atoms with Crippen LogP contribution in [0.25, 0.3) is 0 Å². The zero-order valence-corrected chi connectivity index (χ0v) is 12.0. The van der Waals surface area contributed by atoms with Gasteiger partial charge >= 0.3 is 0 Å². The van der Waals surface area contributed by atoms with Gasteiger partial charge in [-0.1, -0.05) is 30.3 Å². The van der Waals surface area contributed by atoms with Gasteiger partial charge in [-0.15, -0.1) is 0 Å². The molecule has 5 heteroatoms. The molecule has 2 heterocycles. The average molecular weight is 290 g/mol. The summed E-state index contributed by atoms with van der Waals surface area (Å²) in [5.74, 6) is 0.0679. The van der Waals surface area contributed by atoms with Crippen LogP contribution in [-0.4, -0.2) is 48.9 Å². The van der Waals surface area contributed by atoms with E-state index in [2.05, 4.69) is 10.6 Å². The van der Waals surface area contributed by atoms with Crippen LogP contribution in [0.2, 0.25) is 0 Å². The summed E-state index contributed by atoms with van der Waals surface area (Å²) in [7, 11) is 0. The van der Waals surface area contributed by atoms with Crippen LogP contribution >= 0.6 is 0 Å². The van der Waals surface area contributed by atoms with E-state index in [-0.39, 0.29) is 17.9 Å². The zero-order chi connectivity index (χ0) is 14.7. The number of ketones is 1. The van der Waals surface area contributed by atoms with Crippen molar-refractivity contribution in [3.05, 3.63) is 35.9 Å². The van der Waals surface area contributed by atoms with Crippen LogP contribution in [0.1, 0.15) is 24.7 Å². The zero-order valence-electron chi connectivity index (χ0n) is 12.0. The Bertz CT molecular complexity index is 476. The number of nitrogens with one attached hydrogen (secondary N) is 1. The van der Waals surface area contributed by atoms with Crippen LogP contribution in [0.5, 0.6) is 0 Å². The number of likely N-dealkylation sites (tertiary alicyclic amines) is 1. The van der Waals surface area contributed by atoms with E-state index >= 15 is 0 Å². The normalized spacial score (nSPS) is 28.4. The molecule has 2 fully saturated rings. The number of nitrogens with zero attached hydrogens (tertiary/aromatic N) is 2. The van der Waals surface area contributed by atoms with Gasteiger partial charge in [0, 0.05) is 31.7 Å². The topological polar surface area (TPSA) is 46.4 Å². The first-order chi connectivity index (χ1) is 10.3. The van der Waals surface area contributed by atoms with Crippen LogP contribution < -0.4 is 10.6 Å². The molecule has 3 rings (SSSR count). The first kappa shape index (κ1) is 14.6. The minimum absolute atomic E-state index is 0.0679. The maximum absolute atomic E-state index is 14.7. The van der Waals surface area contributed by atoms with Crippen molar-refractivity contribution in [3.63, 3.8) is 0 Å². The number of Topliss-reactive ketones (excluding diaryl/α,β-unsaturated/α-hetero) is 1. The molecule has 4 nitrogen and oxygen atoms in total. The van der Waals surface area contributed by atoms with Crippen molar-refractivity contribution in [1.29, 1.82) is 0 Å². The predicted octanol–water partition coefficient (Wildman–Crippen LogP) is 1.26. The number of hydrogen-bond donors (Lipinski definition) is 1. The molecule has 0 saturated carbocycles. The lowest BCUT2D eigenvalue weighted by Crippen LogP contribution is -2.53. The van der Waals surface area contributed by atoms with Crippen LogP contribution in [0.3, 0.4) is 0 Å². The number of benzene rings is 1. The Kier molecular flexibility index (Phi) is 4.63. The lowest BCUT2D eigenvalue weighted by molar-refractivity contribution is -0.127. The molecule has 1 aromatic rings. The number of halogens is 1. The van der Waals surface area contributed by atoms with E-state index < -0.39 is 6.30 Å². The lowest BCUT2D eigenvalue weighted by Gasteiger charge is -2.31.